The lowest BCUT2D eigenvalue weighted by Crippen LogP contribution is -2.36. The number of likely N-dealkylation sites (N-methyl/N-ethyl adjacent to an activating group) is 1. The fourth-order valence-electron chi connectivity index (χ4n) is 1.76. The molecule has 7 heteroatoms. The summed E-state index contributed by atoms with van der Waals surface area (Å²) in [4.78, 5) is 17.5. The summed E-state index contributed by atoms with van der Waals surface area (Å²) < 4.78 is 5.27. The van der Waals surface area contributed by atoms with Crippen LogP contribution < -0.4 is 11.1 Å². The molecule has 0 atom stereocenters. The number of anilines is 1. The SMILES string of the molecule is Cc1ccc(NC(N)=NCCN(C)C(=O)OC(C)(C)C)cc1C.I. The van der Waals surface area contributed by atoms with Crippen LogP contribution in [-0.4, -0.2) is 42.7 Å². The van der Waals surface area contributed by atoms with Gasteiger partial charge in [-0.2, -0.15) is 0 Å². The molecule has 1 aromatic carbocycles. The number of carbonyl (C=O) groups is 1. The van der Waals surface area contributed by atoms with E-state index in [-0.39, 0.29) is 30.1 Å². The van der Waals surface area contributed by atoms with Gasteiger partial charge < -0.3 is 20.7 Å². The first-order valence-corrected chi connectivity index (χ1v) is 7.67. The molecule has 0 saturated carbocycles. The lowest BCUT2D eigenvalue weighted by atomic mass is 10.1. The maximum Gasteiger partial charge on any atom is 0.410 e. The van der Waals surface area contributed by atoms with E-state index in [0.717, 1.165) is 5.69 Å². The minimum Gasteiger partial charge on any atom is -0.444 e. The van der Waals surface area contributed by atoms with Crippen LogP contribution in [0, 0.1) is 13.8 Å². The van der Waals surface area contributed by atoms with Crippen molar-refractivity contribution in [2.75, 3.05) is 25.5 Å². The van der Waals surface area contributed by atoms with Crippen LogP contribution in [0.5, 0.6) is 0 Å². The van der Waals surface area contributed by atoms with E-state index in [0.29, 0.717) is 19.0 Å². The summed E-state index contributed by atoms with van der Waals surface area (Å²) in [5.74, 6) is 0.325. The first kappa shape index (κ1) is 22.5. The van der Waals surface area contributed by atoms with Crippen LogP contribution >= 0.6 is 24.0 Å². The van der Waals surface area contributed by atoms with Crippen molar-refractivity contribution in [2.24, 2.45) is 10.7 Å². The fourth-order valence-corrected chi connectivity index (χ4v) is 1.76. The van der Waals surface area contributed by atoms with Crippen LogP contribution in [0.15, 0.2) is 23.2 Å². The monoisotopic (exact) mass is 448 g/mol. The van der Waals surface area contributed by atoms with E-state index in [2.05, 4.69) is 17.2 Å². The molecule has 6 nitrogen and oxygen atoms in total. The van der Waals surface area contributed by atoms with Crippen molar-refractivity contribution in [3.8, 4) is 0 Å². The van der Waals surface area contributed by atoms with Crippen molar-refractivity contribution >= 4 is 41.7 Å². The third-order valence-electron chi connectivity index (χ3n) is 3.20. The molecule has 0 radical (unpaired) electrons. The van der Waals surface area contributed by atoms with E-state index in [1.807, 2.05) is 45.9 Å². The van der Waals surface area contributed by atoms with E-state index in [1.165, 1.54) is 16.0 Å². The Morgan fingerprint density at radius 2 is 1.92 bits per heavy atom. The van der Waals surface area contributed by atoms with Crippen molar-refractivity contribution in [1.82, 2.24) is 4.90 Å². The van der Waals surface area contributed by atoms with Gasteiger partial charge in [-0.1, -0.05) is 6.07 Å². The number of nitrogens with one attached hydrogen (secondary N) is 1. The van der Waals surface area contributed by atoms with Crippen LogP contribution in [0.1, 0.15) is 31.9 Å². The topological polar surface area (TPSA) is 80.0 Å². The van der Waals surface area contributed by atoms with Crippen LogP contribution in [-0.2, 0) is 4.74 Å². The molecule has 1 rings (SSSR count). The molecule has 1 amide bonds. The molecule has 24 heavy (non-hydrogen) atoms. The second-order valence-corrected chi connectivity index (χ2v) is 6.59. The summed E-state index contributed by atoms with van der Waals surface area (Å²) in [6.45, 7) is 10.4. The number of guanidine groups is 1. The molecule has 3 N–H and O–H groups in total. The molecule has 0 saturated heterocycles. The van der Waals surface area contributed by atoms with Gasteiger partial charge in [0.2, 0.25) is 0 Å². The molecule has 1 aromatic rings. The molecule has 0 aliphatic heterocycles. The average molecular weight is 448 g/mol. The van der Waals surface area contributed by atoms with E-state index in [9.17, 15) is 4.79 Å². The third kappa shape index (κ3) is 8.37. The quantitative estimate of drug-likeness (QED) is 0.420. The lowest BCUT2D eigenvalue weighted by Gasteiger charge is -2.24. The molecular weight excluding hydrogens is 419 g/mol. The van der Waals surface area contributed by atoms with Gasteiger partial charge in [0.05, 0.1) is 6.54 Å². The first-order valence-electron chi connectivity index (χ1n) is 7.67. The first-order chi connectivity index (χ1) is 10.6. The van der Waals surface area contributed by atoms with Gasteiger partial charge in [-0.25, -0.2) is 4.79 Å². The number of amides is 1. The van der Waals surface area contributed by atoms with Crippen LogP contribution in [0.3, 0.4) is 0 Å². The summed E-state index contributed by atoms with van der Waals surface area (Å²) >= 11 is 0. The minimum absolute atomic E-state index is 0. The summed E-state index contributed by atoms with van der Waals surface area (Å²) in [6, 6.07) is 6.00. The number of aliphatic imine (C=N–C) groups is 1. The molecule has 0 heterocycles. The second kappa shape index (κ2) is 9.71. The molecule has 0 fully saturated rings. The van der Waals surface area contributed by atoms with Crippen LogP contribution in [0.2, 0.25) is 0 Å². The summed E-state index contributed by atoms with van der Waals surface area (Å²) in [6.07, 6.45) is -0.367. The molecule has 136 valence electrons. The lowest BCUT2D eigenvalue weighted by molar-refractivity contribution is 0.0304. The molecule has 0 unspecified atom stereocenters. The van der Waals surface area contributed by atoms with Gasteiger partial charge in [0.25, 0.3) is 0 Å². The predicted octanol–water partition coefficient (Wildman–Crippen LogP) is 3.51. The van der Waals surface area contributed by atoms with Gasteiger partial charge in [-0.3, -0.25) is 4.99 Å². The Balaban J connectivity index is 0.00000529. The number of hydrogen-bond donors (Lipinski definition) is 2. The maximum atomic E-state index is 11.8. The Labute approximate surface area is 161 Å². The number of nitrogens with zero attached hydrogens (tertiary/aromatic N) is 2. The number of halogens is 1. The summed E-state index contributed by atoms with van der Waals surface area (Å²) in [5.41, 5.74) is 8.67. The second-order valence-electron chi connectivity index (χ2n) is 6.59. The highest BCUT2D eigenvalue weighted by molar-refractivity contribution is 14.0. The number of carbonyl (C=O) groups excluding carboxylic acids is 1. The number of hydrogen-bond acceptors (Lipinski definition) is 3. The van der Waals surface area contributed by atoms with Crippen molar-refractivity contribution in [1.29, 1.82) is 0 Å². The molecule has 0 aromatic heterocycles. The molecule has 0 bridgehead atoms. The number of ether oxygens (including phenoxy) is 1. The normalized spacial score (nSPS) is 11.5. The van der Waals surface area contributed by atoms with Crippen LogP contribution in [0.4, 0.5) is 10.5 Å². The Bertz CT molecular complexity index is 582. The van der Waals surface area contributed by atoms with Gasteiger partial charge in [0, 0.05) is 19.3 Å². The fraction of sp³-hybridized carbons (Fsp3) is 0.529. The van der Waals surface area contributed by atoms with E-state index in [4.69, 9.17) is 10.5 Å². The Morgan fingerprint density at radius 3 is 2.46 bits per heavy atom. The standard InChI is InChI=1S/C17H28N4O2.HI/c1-12-7-8-14(11-13(12)2)20-15(18)19-9-10-21(6)16(22)23-17(3,4)5;/h7-8,11H,9-10H2,1-6H3,(H3,18,19,20);1H. The molecule has 0 aliphatic rings. The van der Waals surface area contributed by atoms with Gasteiger partial charge in [-0.05, 0) is 57.9 Å². The van der Waals surface area contributed by atoms with Crippen molar-refractivity contribution in [2.45, 2.75) is 40.2 Å². The Hall–Kier alpha value is -1.51. The average Bonchev–Trinajstić information content (AvgIpc) is 2.41. The highest BCUT2D eigenvalue weighted by atomic mass is 127. The molecular formula is C17H29IN4O2. The largest absolute Gasteiger partial charge is 0.444 e. The van der Waals surface area contributed by atoms with E-state index in [1.54, 1.807) is 7.05 Å². The van der Waals surface area contributed by atoms with Crippen molar-refractivity contribution in [3.63, 3.8) is 0 Å². The van der Waals surface area contributed by atoms with Crippen molar-refractivity contribution < 1.29 is 9.53 Å². The number of aryl methyl sites for hydroxylation is 2. The zero-order valence-corrected chi connectivity index (χ0v) is 17.7. The highest BCUT2D eigenvalue weighted by Crippen LogP contribution is 2.13. The van der Waals surface area contributed by atoms with Crippen molar-refractivity contribution in [3.05, 3.63) is 29.3 Å². The molecule has 0 aliphatic carbocycles. The van der Waals surface area contributed by atoms with E-state index < -0.39 is 5.60 Å². The van der Waals surface area contributed by atoms with Gasteiger partial charge in [0.15, 0.2) is 5.96 Å². The Kier molecular flexibility index (Phi) is 9.09. The number of nitrogens with two attached hydrogens (primary N) is 1. The zero-order valence-electron chi connectivity index (χ0n) is 15.3. The number of benzene rings is 1. The smallest absolute Gasteiger partial charge is 0.410 e. The molecule has 0 spiro atoms. The zero-order chi connectivity index (χ0) is 17.6. The van der Waals surface area contributed by atoms with Gasteiger partial charge in [-0.15, -0.1) is 24.0 Å². The summed E-state index contributed by atoms with van der Waals surface area (Å²) in [7, 11) is 1.68. The van der Waals surface area contributed by atoms with Gasteiger partial charge >= 0.3 is 6.09 Å². The van der Waals surface area contributed by atoms with Gasteiger partial charge in [0.1, 0.15) is 5.60 Å². The predicted molar refractivity (Wildman–Crippen MR) is 110 cm³/mol. The third-order valence-corrected chi connectivity index (χ3v) is 3.20. The number of rotatable bonds is 4. The highest BCUT2D eigenvalue weighted by Gasteiger charge is 2.19. The minimum atomic E-state index is -0.501. The van der Waals surface area contributed by atoms with Crippen LogP contribution in [0.25, 0.3) is 0 Å². The Morgan fingerprint density at radius 1 is 1.29 bits per heavy atom. The summed E-state index contributed by atoms with van der Waals surface area (Å²) in [5, 5.41) is 3.04. The maximum absolute atomic E-state index is 11.8. The van der Waals surface area contributed by atoms with E-state index >= 15 is 0 Å².